The molecule has 1 aliphatic rings. The summed E-state index contributed by atoms with van der Waals surface area (Å²) in [6.45, 7) is 0.231. The average molecular weight is 204 g/mol. The standard InChI is InChI=1S/C9H16O3S/c10-3-1-7-2-4-13-8(5-7)6-9(11)12/h7-8,10H,1-6H2,(H,11,12). The first-order chi connectivity index (χ1) is 6.22. The fraction of sp³-hybridized carbons (Fsp3) is 0.889. The zero-order chi connectivity index (χ0) is 9.68. The molecule has 0 aliphatic carbocycles. The fourth-order valence-electron chi connectivity index (χ4n) is 1.74. The predicted octanol–water partition coefficient (Wildman–Crippen LogP) is 1.36. The summed E-state index contributed by atoms with van der Waals surface area (Å²) in [5.74, 6) is 0.876. The van der Waals surface area contributed by atoms with Gasteiger partial charge in [0.05, 0.1) is 6.42 Å². The minimum Gasteiger partial charge on any atom is -0.481 e. The van der Waals surface area contributed by atoms with Crippen molar-refractivity contribution in [1.82, 2.24) is 0 Å². The minimum atomic E-state index is -0.706. The van der Waals surface area contributed by atoms with Crippen molar-refractivity contribution in [3.05, 3.63) is 0 Å². The van der Waals surface area contributed by atoms with Crippen molar-refractivity contribution in [2.75, 3.05) is 12.4 Å². The molecule has 0 aromatic heterocycles. The van der Waals surface area contributed by atoms with Crippen LogP contribution >= 0.6 is 11.8 Å². The first kappa shape index (κ1) is 10.9. The Morgan fingerprint density at radius 3 is 2.92 bits per heavy atom. The fourth-order valence-corrected chi connectivity index (χ4v) is 3.21. The van der Waals surface area contributed by atoms with Crippen molar-refractivity contribution in [2.24, 2.45) is 5.92 Å². The molecule has 3 nitrogen and oxygen atoms in total. The molecule has 0 spiro atoms. The molecule has 2 unspecified atom stereocenters. The van der Waals surface area contributed by atoms with Crippen molar-refractivity contribution in [3.63, 3.8) is 0 Å². The molecule has 1 rings (SSSR count). The zero-order valence-corrected chi connectivity index (χ0v) is 8.42. The van der Waals surface area contributed by atoms with Crippen LogP contribution in [0.25, 0.3) is 0 Å². The summed E-state index contributed by atoms with van der Waals surface area (Å²) in [4.78, 5) is 10.5. The maximum absolute atomic E-state index is 10.5. The summed E-state index contributed by atoms with van der Waals surface area (Å²) in [6, 6.07) is 0. The zero-order valence-electron chi connectivity index (χ0n) is 7.61. The van der Waals surface area contributed by atoms with E-state index in [1.807, 2.05) is 0 Å². The van der Waals surface area contributed by atoms with E-state index in [9.17, 15) is 4.79 Å². The van der Waals surface area contributed by atoms with Gasteiger partial charge in [-0.1, -0.05) is 0 Å². The van der Waals surface area contributed by atoms with Crippen molar-refractivity contribution in [3.8, 4) is 0 Å². The van der Waals surface area contributed by atoms with Crippen LogP contribution in [0.5, 0.6) is 0 Å². The Hall–Kier alpha value is -0.220. The molecule has 1 fully saturated rings. The van der Waals surface area contributed by atoms with E-state index in [0.717, 1.165) is 25.0 Å². The number of carboxylic acids is 1. The lowest BCUT2D eigenvalue weighted by Crippen LogP contribution is -2.21. The highest BCUT2D eigenvalue weighted by atomic mass is 32.2. The van der Waals surface area contributed by atoms with Gasteiger partial charge in [0.25, 0.3) is 0 Å². The molecule has 1 saturated heterocycles. The maximum atomic E-state index is 10.5. The predicted molar refractivity (Wildman–Crippen MR) is 52.9 cm³/mol. The smallest absolute Gasteiger partial charge is 0.304 e. The third-order valence-corrected chi connectivity index (χ3v) is 3.72. The molecule has 1 aliphatic heterocycles. The van der Waals surface area contributed by atoms with Crippen molar-refractivity contribution >= 4 is 17.7 Å². The normalized spacial score (nSPS) is 28.7. The number of aliphatic carboxylic acids is 1. The maximum Gasteiger partial charge on any atom is 0.304 e. The Bertz CT molecular complexity index is 170. The van der Waals surface area contributed by atoms with Crippen LogP contribution in [0.4, 0.5) is 0 Å². The van der Waals surface area contributed by atoms with Gasteiger partial charge in [-0.05, 0) is 30.9 Å². The first-order valence-electron chi connectivity index (χ1n) is 4.66. The van der Waals surface area contributed by atoms with E-state index in [-0.39, 0.29) is 18.3 Å². The van der Waals surface area contributed by atoms with Gasteiger partial charge < -0.3 is 10.2 Å². The summed E-state index contributed by atoms with van der Waals surface area (Å²) in [6.07, 6.45) is 3.18. The molecule has 2 atom stereocenters. The summed E-state index contributed by atoms with van der Waals surface area (Å²) >= 11 is 1.76. The molecule has 4 heteroatoms. The third kappa shape index (κ3) is 4.00. The molecular weight excluding hydrogens is 188 g/mol. The lowest BCUT2D eigenvalue weighted by atomic mass is 9.95. The topological polar surface area (TPSA) is 57.5 Å². The van der Waals surface area contributed by atoms with Crippen molar-refractivity contribution < 1.29 is 15.0 Å². The molecule has 13 heavy (non-hydrogen) atoms. The van der Waals surface area contributed by atoms with E-state index in [1.54, 1.807) is 11.8 Å². The molecule has 76 valence electrons. The second-order valence-corrected chi connectivity index (χ2v) is 4.90. The number of aliphatic hydroxyl groups is 1. The highest BCUT2D eigenvalue weighted by molar-refractivity contribution is 7.99. The summed E-state index contributed by atoms with van der Waals surface area (Å²) in [5.41, 5.74) is 0. The van der Waals surface area contributed by atoms with Gasteiger partial charge in [0.15, 0.2) is 0 Å². The van der Waals surface area contributed by atoms with Gasteiger partial charge >= 0.3 is 5.97 Å². The lowest BCUT2D eigenvalue weighted by molar-refractivity contribution is -0.137. The van der Waals surface area contributed by atoms with Crippen molar-refractivity contribution in [2.45, 2.75) is 30.9 Å². The largest absolute Gasteiger partial charge is 0.481 e. The second-order valence-electron chi connectivity index (χ2n) is 3.49. The number of carboxylic acid groups (broad SMARTS) is 1. The molecule has 0 radical (unpaired) electrons. The van der Waals surface area contributed by atoms with Crippen molar-refractivity contribution in [1.29, 1.82) is 0 Å². The number of hydrogen-bond acceptors (Lipinski definition) is 3. The first-order valence-corrected chi connectivity index (χ1v) is 5.71. The number of rotatable bonds is 4. The van der Waals surface area contributed by atoms with Crippen LogP contribution in [0.15, 0.2) is 0 Å². The average Bonchev–Trinajstić information content (AvgIpc) is 2.04. The van der Waals surface area contributed by atoms with E-state index in [0.29, 0.717) is 5.92 Å². The van der Waals surface area contributed by atoms with E-state index in [4.69, 9.17) is 10.2 Å². The molecule has 0 saturated carbocycles. The van der Waals surface area contributed by atoms with Crippen LogP contribution < -0.4 is 0 Å². The molecule has 0 aromatic rings. The summed E-state index contributed by atoms with van der Waals surface area (Å²) in [5, 5.41) is 17.6. The van der Waals surface area contributed by atoms with Gasteiger partial charge in [-0.15, -0.1) is 0 Å². The van der Waals surface area contributed by atoms with Gasteiger partial charge in [-0.25, -0.2) is 0 Å². The highest BCUT2D eigenvalue weighted by Crippen LogP contribution is 2.33. The van der Waals surface area contributed by atoms with Crippen LogP contribution in [0.3, 0.4) is 0 Å². The van der Waals surface area contributed by atoms with Gasteiger partial charge in [-0.2, -0.15) is 11.8 Å². The van der Waals surface area contributed by atoms with Crippen LogP contribution in [0.2, 0.25) is 0 Å². The summed E-state index contributed by atoms with van der Waals surface area (Å²) in [7, 11) is 0. The quantitative estimate of drug-likeness (QED) is 0.726. The number of carbonyl (C=O) groups is 1. The molecule has 1 heterocycles. The SMILES string of the molecule is O=C(O)CC1CC(CCO)CCS1. The Morgan fingerprint density at radius 2 is 2.31 bits per heavy atom. The monoisotopic (exact) mass is 204 g/mol. The van der Waals surface area contributed by atoms with Crippen LogP contribution in [0.1, 0.15) is 25.7 Å². The molecule has 0 amide bonds. The number of thioether (sulfide) groups is 1. The van der Waals surface area contributed by atoms with Crippen LogP contribution in [0, 0.1) is 5.92 Å². The van der Waals surface area contributed by atoms with E-state index < -0.39 is 5.97 Å². The summed E-state index contributed by atoms with van der Waals surface area (Å²) < 4.78 is 0. The molecule has 0 aromatic carbocycles. The molecule has 2 N–H and O–H groups in total. The Kier molecular flexibility index (Phi) is 4.59. The van der Waals surface area contributed by atoms with E-state index in [1.165, 1.54) is 0 Å². The van der Waals surface area contributed by atoms with Gasteiger partial charge in [0, 0.05) is 11.9 Å². The van der Waals surface area contributed by atoms with Gasteiger partial charge in [0.1, 0.15) is 0 Å². The minimum absolute atomic E-state index is 0.231. The van der Waals surface area contributed by atoms with Gasteiger partial charge in [0.2, 0.25) is 0 Å². The molecule has 0 bridgehead atoms. The lowest BCUT2D eigenvalue weighted by Gasteiger charge is -2.27. The Labute approximate surface area is 82.5 Å². The number of hydrogen-bond donors (Lipinski definition) is 2. The number of aliphatic hydroxyl groups excluding tert-OH is 1. The van der Waals surface area contributed by atoms with Gasteiger partial charge in [-0.3, -0.25) is 4.79 Å². The third-order valence-electron chi connectivity index (χ3n) is 2.42. The van der Waals surface area contributed by atoms with Crippen LogP contribution in [-0.2, 0) is 4.79 Å². The van der Waals surface area contributed by atoms with E-state index in [2.05, 4.69) is 0 Å². The Balaban J connectivity index is 2.28. The highest BCUT2D eigenvalue weighted by Gasteiger charge is 2.23. The molecular formula is C9H16O3S. The Morgan fingerprint density at radius 1 is 1.54 bits per heavy atom. The van der Waals surface area contributed by atoms with E-state index >= 15 is 0 Å². The van der Waals surface area contributed by atoms with Crippen LogP contribution in [-0.4, -0.2) is 33.8 Å². The second kappa shape index (κ2) is 5.50.